The Balaban J connectivity index is 1.38. The molecule has 174 valence electrons. The van der Waals surface area contributed by atoms with Gasteiger partial charge < -0.3 is 20.5 Å². The van der Waals surface area contributed by atoms with Crippen molar-refractivity contribution in [2.75, 3.05) is 19.8 Å². The van der Waals surface area contributed by atoms with Gasteiger partial charge in [0.05, 0.1) is 13.2 Å². The van der Waals surface area contributed by atoms with Crippen LogP contribution in [0.3, 0.4) is 0 Å². The Bertz CT molecular complexity index is 974. The molecule has 0 radical (unpaired) electrons. The van der Waals surface area contributed by atoms with Crippen LogP contribution in [0.1, 0.15) is 65.9 Å². The summed E-state index contributed by atoms with van der Waals surface area (Å²) < 4.78 is 5.76. The number of aliphatic hydroxyl groups is 1. The van der Waals surface area contributed by atoms with Crippen molar-refractivity contribution < 1.29 is 19.4 Å². The summed E-state index contributed by atoms with van der Waals surface area (Å²) in [5.74, 6) is 1.46. The molecule has 2 fully saturated rings. The maximum atomic E-state index is 12.8. The van der Waals surface area contributed by atoms with Crippen LogP contribution in [0.5, 0.6) is 5.75 Å². The van der Waals surface area contributed by atoms with Gasteiger partial charge in [0.1, 0.15) is 11.4 Å². The van der Waals surface area contributed by atoms with Gasteiger partial charge in [-0.2, -0.15) is 0 Å². The lowest BCUT2D eigenvalue weighted by Crippen LogP contribution is -2.36. The van der Waals surface area contributed by atoms with E-state index >= 15 is 0 Å². The molecule has 0 saturated heterocycles. The predicted octanol–water partition coefficient (Wildman–Crippen LogP) is 4.01. The number of hydrogen-bond acceptors (Lipinski definition) is 4. The predicted molar refractivity (Wildman–Crippen MR) is 128 cm³/mol. The van der Waals surface area contributed by atoms with E-state index in [1.165, 1.54) is 37.7 Å². The van der Waals surface area contributed by atoms with Gasteiger partial charge in [-0.25, -0.2) is 0 Å². The number of amides is 2. The minimum atomic E-state index is -0.445. The molecule has 6 heteroatoms. The molecule has 4 rings (SSSR count). The van der Waals surface area contributed by atoms with Crippen LogP contribution < -0.4 is 15.4 Å². The zero-order valence-electron chi connectivity index (χ0n) is 18.9. The third kappa shape index (κ3) is 7.19. The van der Waals surface area contributed by atoms with Gasteiger partial charge in [0.15, 0.2) is 0 Å². The van der Waals surface area contributed by atoms with Gasteiger partial charge in [-0.3, -0.25) is 9.59 Å². The summed E-state index contributed by atoms with van der Waals surface area (Å²) in [5.41, 5.74) is 2.69. The van der Waals surface area contributed by atoms with E-state index in [9.17, 15) is 9.59 Å². The van der Waals surface area contributed by atoms with Crippen LogP contribution in [0.4, 0.5) is 0 Å². The van der Waals surface area contributed by atoms with E-state index < -0.39 is 5.91 Å². The fourth-order valence-corrected chi connectivity index (χ4v) is 3.74. The number of hydrogen-bond donors (Lipinski definition) is 3. The third-order valence-corrected chi connectivity index (χ3v) is 6.03. The Morgan fingerprint density at radius 2 is 1.73 bits per heavy atom. The Hall–Kier alpha value is -3.12. The highest BCUT2D eigenvalue weighted by molar-refractivity contribution is 6.05. The molecule has 0 aromatic heterocycles. The second-order valence-corrected chi connectivity index (χ2v) is 8.89. The maximum absolute atomic E-state index is 12.8. The van der Waals surface area contributed by atoms with E-state index in [0.717, 1.165) is 23.7 Å². The zero-order valence-corrected chi connectivity index (χ0v) is 18.9. The Labute approximate surface area is 195 Å². The van der Waals surface area contributed by atoms with Crippen LogP contribution in [0.2, 0.25) is 0 Å². The molecular formula is C27H32N2O4. The number of ether oxygens (including phenoxy) is 1. The van der Waals surface area contributed by atoms with Crippen molar-refractivity contribution in [2.24, 2.45) is 5.92 Å². The molecule has 3 N–H and O–H groups in total. The van der Waals surface area contributed by atoms with Crippen LogP contribution in [-0.4, -0.2) is 36.7 Å². The first-order valence-electron chi connectivity index (χ1n) is 11.9. The Kier molecular flexibility index (Phi) is 7.79. The minimum Gasteiger partial charge on any atom is -0.494 e. The average molecular weight is 449 g/mol. The molecule has 2 saturated carbocycles. The summed E-state index contributed by atoms with van der Waals surface area (Å²) >= 11 is 0. The quantitative estimate of drug-likeness (QED) is 0.338. The van der Waals surface area contributed by atoms with E-state index in [-0.39, 0.29) is 24.8 Å². The van der Waals surface area contributed by atoms with Gasteiger partial charge in [-0.05, 0) is 79.0 Å². The molecule has 0 heterocycles. The molecule has 33 heavy (non-hydrogen) atoms. The number of carbonyl (C=O) groups is 2. The number of aliphatic hydroxyl groups excluding tert-OH is 1. The molecule has 0 spiro atoms. The number of rotatable bonds is 12. The standard InChI is InChI=1S/C27H32N2O4/c30-16-15-28-27(32)25(18-20-5-7-21(8-6-20)22-9-10-22)29-26(31)23-11-13-24(14-12-23)33-17-1-2-19-3-4-19/h5-8,11-14,18-19,22,30H,1-4,9-10,15-17H2,(H,28,32)(H,29,31)/b25-18+. The Morgan fingerprint density at radius 3 is 2.36 bits per heavy atom. The second-order valence-electron chi connectivity index (χ2n) is 8.89. The Morgan fingerprint density at radius 1 is 1.00 bits per heavy atom. The lowest BCUT2D eigenvalue weighted by Gasteiger charge is -2.11. The highest BCUT2D eigenvalue weighted by Gasteiger charge is 2.23. The van der Waals surface area contributed by atoms with Crippen molar-refractivity contribution in [3.8, 4) is 5.75 Å². The van der Waals surface area contributed by atoms with Crippen LogP contribution in [0, 0.1) is 5.92 Å². The summed E-state index contributed by atoms with van der Waals surface area (Å²) in [6, 6.07) is 15.0. The molecule has 0 bridgehead atoms. The normalized spacial score (nSPS) is 15.7. The van der Waals surface area contributed by atoms with Crippen LogP contribution >= 0.6 is 0 Å². The van der Waals surface area contributed by atoms with Gasteiger partial charge in [0.2, 0.25) is 0 Å². The first-order valence-corrected chi connectivity index (χ1v) is 11.9. The minimum absolute atomic E-state index is 0.111. The molecular weight excluding hydrogens is 416 g/mol. The first-order chi connectivity index (χ1) is 16.1. The zero-order chi connectivity index (χ0) is 23.0. The summed E-state index contributed by atoms with van der Waals surface area (Å²) in [6.07, 6.45) is 9.07. The second kappa shape index (κ2) is 11.1. The number of benzene rings is 2. The molecule has 0 unspecified atom stereocenters. The molecule has 2 aliphatic rings. The molecule has 2 aromatic rings. The van der Waals surface area contributed by atoms with Crippen LogP contribution in [0.25, 0.3) is 6.08 Å². The number of carbonyl (C=O) groups excluding carboxylic acids is 2. The fourth-order valence-electron chi connectivity index (χ4n) is 3.74. The van der Waals surface area contributed by atoms with E-state index in [4.69, 9.17) is 9.84 Å². The lowest BCUT2D eigenvalue weighted by molar-refractivity contribution is -0.117. The monoisotopic (exact) mass is 448 g/mol. The highest BCUT2D eigenvalue weighted by Crippen LogP contribution is 2.40. The van der Waals surface area contributed by atoms with E-state index in [2.05, 4.69) is 22.8 Å². The van der Waals surface area contributed by atoms with E-state index in [1.807, 2.05) is 12.1 Å². The smallest absolute Gasteiger partial charge is 0.267 e. The SMILES string of the molecule is O=C(NCCO)/C(=C\c1ccc(C2CC2)cc1)NC(=O)c1ccc(OCCCC2CC2)cc1. The molecule has 2 aliphatic carbocycles. The van der Waals surface area contributed by atoms with Gasteiger partial charge in [-0.1, -0.05) is 37.1 Å². The van der Waals surface area contributed by atoms with Crippen LogP contribution in [-0.2, 0) is 4.79 Å². The summed E-state index contributed by atoms with van der Waals surface area (Å²) in [7, 11) is 0. The van der Waals surface area contributed by atoms with Crippen LogP contribution in [0.15, 0.2) is 54.2 Å². The van der Waals surface area contributed by atoms with Crippen molar-refractivity contribution >= 4 is 17.9 Å². The fraction of sp³-hybridized carbons (Fsp3) is 0.407. The molecule has 6 nitrogen and oxygen atoms in total. The van der Waals surface area contributed by atoms with Crippen molar-refractivity contribution in [1.82, 2.24) is 10.6 Å². The average Bonchev–Trinajstić information content (AvgIpc) is 3.75. The van der Waals surface area contributed by atoms with Crippen molar-refractivity contribution in [3.63, 3.8) is 0 Å². The third-order valence-electron chi connectivity index (χ3n) is 6.03. The molecule has 2 aromatic carbocycles. The van der Waals surface area contributed by atoms with E-state index in [1.54, 1.807) is 30.3 Å². The lowest BCUT2D eigenvalue weighted by atomic mass is 10.1. The molecule has 0 aliphatic heterocycles. The summed E-state index contributed by atoms with van der Waals surface area (Å²) in [6.45, 7) is 0.615. The molecule has 0 atom stereocenters. The van der Waals surface area contributed by atoms with E-state index in [0.29, 0.717) is 18.1 Å². The van der Waals surface area contributed by atoms with Gasteiger partial charge >= 0.3 is 0 Å². The molecule has 2 amide bonds. The summed E-state index contributed by atoms with van der Waals surface area (Å²) in [5, 5.41) is 14.4. The van der Waals surface area contributed by atoms with Crippen molar-refractivity contribution in [2.45, 2.75) is 44.4 Å². The van der Waals surface area contributed by atoms with Crippen molar-refractivity contribution in [3.05, 3.63) is 70.9 Å². The summed E-state index contributed by atoms with van der Waals surface area (Å²) in [4.78, 5) is 25.4. The van der Waals surface area contributed by atoms with Gasteiger partial charge in [-0.15, -0.1) is 0 Å². The first kappa shape index (κ1) is 23.1. The van der Waals surface area contributed by atoms with Crippen molar-refractivity contribution in [1.29, 1.82) is 0 Å². The topological polar surface area (TPSA) is 87.7 Å². The van der Waals surface area contributed by atoms with Gasteiger partial charge in [0.25, 0.3) is 11.8 Å². The maximum Gasteiger partial charge on any atom is 0.267 e. The number of nitrogens with one attached hydrogen (secondary N) is 2. The largest absolute Gasteiger partial charge is 0.494 e. The highest BCUT2D eigenvalue weighted by atomic mass is 16.5. The van der Waals surface area contributed by atoms with Gasteiger partial charge in [0, 0.05) is 12.1 Å².